The predicted octanol–water partition coefficient (Wildman–Crippen LogP) is -4.13. The molecule has 3 fully saturated rings. The molecule has 1 amide bonds. The van der Waals surface area contributed by atoms with Crippen molar-refractivity contribution in [2.75, 3.05) is 52.5 Å². The highest BCUT2D eigenvalue weighted by Crippen LogP contribution is 2.68. The van der Waals surface area contributed by atoms with Gasteiger partial charge in [-0.1, -0.05) is 12.7 Å². The zero-order valence-corrected chi connectivity index (χ0v) is 44.6. The van der Waals surface area contributed by atoms with Crippen LogP contribution in [0.15, 0.2) is 58.3 Å². The number of carbonyl (C=O) groups is 1. The molecule has 5 aromatic heterocycles. The number of aliphatic hydroxyl groups is 3. The quantitative estimate of drug-likeness (QED) is 0.0169. The number of anilines is 2. The Labute approximate surface area is 441 Å². The van der Waals surface area contributed by atoms with Crippen LogP contribution in [0, 0.1) is 5.92 Å². The van der Waals surface area contributed by atoms with Crippen LogP contribution in [-0.2, 0) is 75.3 Å². The Morgan fingerprint density at radius 3 is 2.11 bits per heavy atom. The van der Waals surface area contributed by atoms with E-state index in [1.165, 1.54) is 35.6 Å². The molecular weight excluding hydrogens is 1150 g/mol. The van der Waals surface area contributed by atoms with E-state index in [-0.39, 0.29) is 40.6 Å². The lowest BCUT2D eigenvalue weighted by Crippen LogP contribution is -2.39. The molecule has 434 valence electrons. The Morgan fingerprint density at radius 1 is 0.835 bits per heavy atom. The van der Waals surface area contributed by atoms with Crippen LogP contribution >= 0.6 is 31.3 Å². The molecule has 3 aliphatic rings. The number of aromatic amines is 2. The third kappa shape index (κ3) is 13.0. The van der Waals surface area contributed by atoms with Crippen LogP contribution in [-0.4, -0.2) is 174 Å². The molecule has 0 bridgehead atoms. The second kappa shape index (κ2) is 23.2. The minimum atomic E-state index is -6.26. The maximum atomic E-state index is 13.5. The number of nitrogens with zero attached hydrogens (tertiary/aromatic N) is 9. The van der Waals surface area contributed by atoms with Crippen molar-refractivity contribution in [2.24, 2.45) is 5.92 Å². The number of nitrogens with two attached hydrogens (primary N) is 2. The predicted molar refractivity (Wildman–Crippen MR) is 256 cm³/mol. The van der Waals surface area contributed by atoms with Gasteiger partial charge in [0.2, 0.25) is 24.4 Å². The van der Waals surface area contributed by atoms with Crippen molar-refractivity contribution in [1.29, 1.82) is 0 Å². The highest BCUT2D eigenvalue weighted by Gasteiger charge is 2.53. The first kappa shape index (κ1) is 59.7. The molecule has 38 nitrogen and oxygen atoms in total. The van der Waals surface area contributed by atoms with Gasteiger partial charge in [0, 0.05) is 45.8 Å². The lowest BCUT2D eigenvalue weighted by atomic mass is 9.94. The van der Waals surface area contributed by atoms with Gasteiger partial charge in [0.15, 0.2) is 23.9 Å². The van der Waals surface area contributed by atoms with E-state index in [9.17, 15) is 72.3 Å². The average molecular weight is 1200 g/mol. The highest BCUT2D eigenvalue weighted by molar-refractivity contribution is 7.66. The summed E-state index contributed by atoms with van der Waals surface area (Å²) in [5.41, 5.74) is 9.07. The number of phosphoric ester groups is 3. The fourth-order valence-corrected chi connectivity index (χ4v) is 13.2. The third-order valence-electron chi connectivity index (χ3n) is 12.3. The first-order chi connectivity index (χ1) is 37.0. The normalized spacial score (nSPS) is 29.3. The molecule has 4 unspecified atom stereocenters. The Bertz CT molecular complexity index is 3480. The fraction of sp³-hybridized carbons (Fsp3) is 0.541. The number of aromatic nitrogens is 10. The number of methoxy groups -OCH3 is 1. The summed E-state index contributed by atoms with van der Waals surface area (Å²) in [4.78, 5) is 117. The van der Waals surface area contributed by atoms with Crippen LogP contribution in [0.25, 0.3) is 22.3 Å². The third-order valence-corrected chi connectivity index (χ3v) is 17.5. The van der Waals surface area contributed by atoms with Gasteiger partial charge in [0.25, 0.3) is 24.5 Å². The number of H-pyrrole nitrogens is 2. The summed E-state index contributed by atoms with van der Waals surface area (Å²) in [6.07, 6.45) is -13.3. The van der Waals surface area contributed by atoms with Crippen molar-refractivity contribution in [2.45, 2.75) is 80.5 Å². The molecule has 42 heteroatoms. The lowest BCUT2D eigenvalue weighted by molar-refractivity contribution is -0.662. The van der Waals surface area contributed by atoms with Gasteiger partial charge in [0.05, 0.1) is 32.3 Å². The molecule has 0 aliphatic carbocycles. The van der Waals surface area contributed by atoms with E-state index in [2.05, 4.69) is 40.1 Å². The van der Waals surface area contributed by atoms with Crippen LogP contribution < -0.4 is 37.7 Å². The van der Waals surface area contributed by atoms with Crippen molar-refractivity contribution < 1.29 is 108 Å². The number of rotatable bonds is 23. The molecule has 5 aromatic rings. The summed E-state index contributed by atoms with van der Waals surface area (Å²) in [6.45, 7) is 0.224. The van der Waals surface area contributed by atoms with Gasteiger partial charge < -0.3 is 79.3 Å². The fourth-order valence-electron chi connectivity index (χ4n) is 8.69. The van der Waals surface area contributed by atoms with Gasteiger partial charge in [-0.2, -0.15) is 18.2 Å². The molecule has 0 spiro atoms. The molecule has 8 heterocycles. The Kier molecular flexibility index (Phi) is 17.6. The number of aliphatic hydroxyl groups excluding tert-OH is 3. The Hall–Kier alpha value is -5.37. The number of imidazole rings is 2. The molecule has 8 rings (SSSR count). The Morgan fingerprint density at radius 2 is 1.47 bits per heavy atom. The van der Waals surface area contributed by atoms with Crippen molar-refractivity contribution in [3.05, 3.63) is 75.1 Å². The molecule has 0 radical (unpaired) electrons. The number of nitrogens with one attached hydrogen (secondary N) is 2. The zero-order valence-electron chi connectivity index (χ0n) is 41.0. The van der Waals surface area contributed by atoms with E-state index in [0.29, 0.717) is 4.57 Å². The lowest BCUT2D eigenvalue weighted by Gasteiger charge is -2.31. The van der Waals surface area contributed by atoms with Crippen molar-refractivity contribution >= 4 is 71.3 Å². The van der Waals surface area contributed by atoms with E-state index in [4.69, 9.17) is 48.5 Å². The summed E-state index contributed by atoms with van der Waals surface area (Å²) in [6, 6.07) is 0.910. The summed E-state index contributed by atoms with van der Waals surface area (Å²) in [5.74, 6) is -2.26. The smallest absolute Gasteiger partial charge is 0.490 e. The molecule has 3 saturated heterocycles. The number of hydrogen-bond acceptors (Lipinski definition) is 28. The number of ether oxygens (including phenoxy) is 4. The summed E-state index contributed by atoms with van der Waals surface area (Å²) in [5, 5.41) is 32.8. The van der Waals surface area contributed by atoms with E-state index >= 15 is 0 Å². The summed E-state index contributed by atoms with van der Waals surface area (Å²) >= 11 is 0. The topological polar surface area (TPSA) is 530 Å². The number of phosphoric acid groups is 4. The number of allylic oxidation sites excluding steroid dienone is 1. The minimum Gasteiger partial charge on any atom is -0.756 e. The van der Waals surface area contributed by atoms with E-state index in [1.54, 1.807) is 0 Å². The van der Waals surface area contributed by atoms with E-state index in [0.717, 1.165) is 41.5 Å². The molecule has 16 atom stereocenters. The first-order valence-electron chi connectivity index (χ1n) is 22.8. The number of hydrogen-bond donors (Lipinski definition) is 10. The van der Waals surface area contributed by atoms with Crippen LogP contribution in [0.1, 0.15) is 25.1 Å². The minimum absolute atomic E-state index is 0.0195. The van der Waals surface area contributed by atoms with Gasteiger partial charge in [-0.05, 0) is 0 Å². The monoisotopic (exact) mass is 1200 g/mol. The molecule has 0 aromatic carbocycles. The molecular formula is C37H51N13O25P4. The molecule has 79 heavy (non-hydrogen) atoms. The highest BCUT2D eigenvalue weighted by atomic mass is 31.3. The molecule has 3 aliphatic heterocycles. The average Bonchev–Trinajstić information content (AvgIpc) is 4.32. The van der Waals surface area contributed by atoms with Gasteiger partial charge in [-0.15, -0.1) is 0 Å². The van der Waals surface area contributed by atoms with Crippen molar-refractivity contribution in [3.63, 3.8) is 0 Å². The Balaban J connectivity index is 0.956. The van der Waals surface area contributed by atoms with Crippen LogP contribution in [0.3, 0.4) is 0 Å². The second-order valence-electron chi connectivity index (χ2n) is 17.7. The van der Waals surface area contributed by atoms with Gasteiger partial charge in [0.1, 0.15) is 61.1 Å². The standard InChI is InChI=1S/C37H51N13O25P4/c1-5-7-47-15-50(31-23(47)32(56)45-36(39)44-31)33-24(53)16(9-21(52)46(2)3)17(70-33)10-68-77(60,61)74-79(64,65)75-78(62,63)69-12-19-27(28(66-4)35(72-19)49-14-42-22-29(38)40-13-41-30(22)49)73-76(58,59)67-11-18-25(54)26(55)34(71-18)48-8-6-20(51)43-37(48)57/h5-6,8,13-19,24-28,33-35,53-55H,1,7,9-12H2,2-4H3,(H9-,38,39,40,41,43,44,45,51,56,57,58,59,60,61,62,63,64,65)/t16-,17-,18-,19-,24-,25-,26-,27-,28-,33-,34-,35-/m1/s1. The molecule has 12 N–H and O–H groups in total. The van der Waals surface area contributed by atoms with E-state index in [1.807, 2.05) is 4.98 Å². The summed E-state index contributed by atoms with van der Waals surface area (Å²) < 4.78 is 109. The van der Waals surface area contributed by atoms with Gasteiger partial charge in [-0.25, -0.2) is 38.0 Å². The van der Waals surface area contributed by atoms with E-state index < -0.39 is 154 Å². The van der Waals surface area contributed by atoms with Gasteiger partial charge in [-0.3, -0.25) is 47.1 Å². The zero-order chi connectivity index (χ0) is 57.7. The van der Waals surface area contributed by atoms with Crippen molar-refractivity contribution in [1.82, 2.24) is 48.5 Å². The maximum absolute atomic E-state index is 13.5. The van der Waals surface area contributed by atoms with Crippen LogP contribution in [0.2, 0.25) is 0 Å². The largest absolute Gasteiger partial charge is 0.756 e. The first-order valence-corrected chi connectivity index (χ1v) is 28.7. The van der Waals surface area contributed by atoms with Crippen LogP contribution in [0.5, 0.6) is 0 Å². The molecule has 0 saturated carbocycles. The number of amides is 1. The SMILES string of the molecule is C=CC[n+]1cn([C@@H]2O[C@H](COP(=O)(O)OP(=O)(O)OP(=O)(O)OC[C@H]3O[C@@H](n4cnc5c(N)ncnc54)[C@H](OC)[C@@H]3OP(=O)([O-])OC[C@H]3O[C@@H](n4ccc(=O)[nH]c4=O)[C@H](O)[C@@H]3O)[C@@H](CC(=O)N(C)C)[C@H]2O)c2nc(N)[nH]c(=O)c21. The summed E-state index contributed by atoms with van der Waals surface area (Å²) in [7, 11) is -20.0. The van der Waals surface area contributed by atoms with Crippen molar-refractivity contribution in [3.8, 4) is 0 Å². The number of nitrogen functional groups attached to an aromatic ring is 2. The van der Waals surface area contributed by atoms with Crippen LogP contribution in [0.4, 0.5) is 11.8 Å². The maximum Gasteiger partial charge on any atom is 0.490 e. The second-order valence-corrected chi connectivity index (χ2v) is 23.7. The number of carbonyl (C=O) groups excluding carboxylic acids is 1. The van der Waals surface area contributed by atoms with Gasteiger partial charge >= 0.3 is 34.7 Å². The number of fused-ring (bicyclic) bond motifs is 2.